The predicted octanol–water partition coefficient (Wildman–Crippen LogP) is -1.01. The molecule has 2 heterocycles. The molecule has 0 aromatic carbocycles. The molecule has 0 radical (unpaired) electrons. The first kappa shape index (κ1) is 9.29. The average Bonchev–Trinajstić information content (AvgIpc) is 2.65. The van der Waals surface area contributed by atoms with Gasteiger partial charge in [0.1, 0.15) is 6.33 Å². The number of aryl methyl sites for hydroxylation is 1. The molecule has 1 N–H and O–H groups in total. The van der Waals surface area contributed by atoms with Crippen LogP contribution < -0.4 is 5.32 Å². The lowest BCUT2D eigenvalue weighted by molar-refractivity contribution is 0.0597. The summed E-state index contributed by atoms with van der Waals surface area (Å²) in [7, 11) is 1.75. The van der Waals surface area contributed by atoms with E-state index in [9.17, 15) is 4.79 Å². The van der Waals surface area contributed by atoms with Gasteiger partial charge in [-0.05, 0) is 0 Å². The van der Waals surface area contributed by atoms with Crippen molar-refractivity contribution in [3.8, 4) is 0 Å². The molecule has 1 atom stereocenters. The van der Waals surface area contributed by atoms with Crippen molar-refractivity contribution in [1.82, 2.24) is 20.1 Å². The average molecular weight is 196 g/mol. The molecule has 6 heteroatoms. The fraction of sp³-hybridized carbons (Fsp3) is 0.625. The second-order valence-electron chi connectivity index (χ2n) is 3.21. The molecule has 1 saturated heterocycles. The van der Waals surface area contributed by atoms with Crippen molar-refractivity contribution in [3.05, 3.63) is 12.2 Å². The molecule has 1 aliphatic rings. The highest BCUT2D eigenvalue weighted by Crippen LogP contribution is 2.02. The van der Waals surface area contributed by atoms with Gasteiger partial charge in [-0.2, -0.15) is 0 Å². The Morgan fingerprint density at radius 2 is 2.64 bits per heavy atom. The Kier molecular flexibility index (Phi) is 2.55. The summed E-state index contributed by atoms with van der Waals surface area (Å²) in [5.74, 6) is 0.303. The zero-order valence-corrected chi connectivity index (χ0v) is 7.93. The van der Waals surface area contributed by atoms with Crippen molar-refractivity contribution >= 4 is 5.78 Å². The van der Waals surface area contributed by atoms with Crippen molar-refractivity contribution < 1.29 is 9.53 Å². The summed E-state index contributed by atoms with van der Waals surface area (Å²) in [6.45, 7) is 1.77. The van der Waals surface area contributed by atoms with Crippen LogP contribution >= 0.6 is 0 Å². The summed E-state index contributed by atoms with van der Waals surface area (Å²) in [6, 6.07) is -0.286. The minimum Gasteiger partial charge on any atom is -0.378 e. The van der Waals surface area contributed by atoms with Crippen LogP contribution in [0.2, 0.25) is 0 Å². The third-order valence-electron chi connectivity index (χ3n) is 2.17. The molecular weight excluding hydrogens is 184 g/mol. The topological polar surface area (TPSA) is 69.0 Å². The lowest BCUT2D eigenvalue weighted by Gasteiger charge is -2.21. The minimum absolute atomic E-state index is 0.0651. The number of morpholine rings is 1. The Hall–Kier alpha value is -1.27. The summed E-state index contributed by atoms with van der Waals surface area (Å²) in [4.78, 5) is 11.8. The Labute approximate surface area is 81.3 Å². The van der Waals surface area contributed by atoms with Crippen LogP contribution in [0.5, 0.6) is 0 Å². The van der Waals surface area contributed by atoms with E-state index < -0.39 is 0 Å². The number of Topliss-reactive ketones (excluding diaryl/α,β-unsaturated/α-hetero) is 1. The van der Waals surface area contributed by atoms with Crippen molar-refractivity contribution in [2.45, 2.75) is 6.04 Å². The number of carbonyl (C=O) groups is 1. The Morgan fingerprint density at radius 1 is 1.79 bits per heavy atom. The molecule has 0 saturated carbocycles. The first-order chi connectivity index (χ1) is 6.79. The highest BCUT2D eigenvalue weighted by molar-refractivity contribution is 5.97. The quantitative estimate of drug-likeness (QED) is 0.613. The molecule has 76 valence electrons. The SMILES string of the molecule is Cn1cnnc1C(=O)C1COCCN1. The number of ether oxygens (including phenoxy) is 1. The van der Waals surface area contributed by atoms with E-state index in [0.717, 1.165) is 0 Å². The third kappa shape index (κ3) is 1.66. The van der Waals surface area contributed by atoms with Crippen LogP contribution in [-0.2, 0) is 11.8 Å². The second kappa shape index (κ2) is 3.85. The first-order valence-corrected chi connectivity index (χ1v) is 4.48. The normalized spacial score (nSPS) is 22.2. The van der Waals surface area contributed by atoms with E-state index in [1.807, 2.05) is 0 Å². The van der Waals surface area contributed by atoms with E-state index in [4.69, 9.17) is 4.74 Å². The number of aromatic nitrogens is 3. The van der Waals surface area contributed by atoms with Gasteiger partial charge in [-0.15, -0.1) is 10.2 Å². The van der Waals surface area contributed by atoms with E-state index >= 15 is 0 Å². The fourth-order valence-corrected chi connectivity index (χ4v) is 1.40. The Balaban J connectivity index is 2.11. The van der Waals surface area contributed by atoms with Crippen LogP contribution in [0, 0.1) is 0 Å². The lowest BCUT2D eigenvalue weighted by Crippen LogP contribution is -2.47. The van der Waals surface area contributed by atoms with Gasteiger partial charge in [-0.3, -0.25) is 4.79 Å². The Bertz CT molecular complexity index is 330. The summed E-state index contributed by atoms with van der Waals surface area (Å²) < 4.78 is 6.81. The molecule has 1 aromatic rings. The monoisotopic (exact) mass is 196 g/mol. The van der Waals surface area contributed by atoms with Crippen LogP contribution in [0.1, 0.15) is 10.6 Å². The number of ketones is 1. The van der Waals surface area contributed by atoms with Gasteiger partial charge in [0.05, 0.1) is 19.3 Å². The third-order valence-corrected chi connectivity index (χ3v) is 2.17. The van der Waals surface area contributed by atoms with Gasteiger partial charge in [0.15, 0.2) is 0 Å². The van der Waals surface area contributed by atoms with Crippen molar-refractivity contribution in [2.24, 2.45) is 7.05 Å². The van der Waals surface area contributed by atoms with E-state index in [-0.39, 0.29) is 11.8 Å². The maximum atomic E-state index is 11.8. The molecule has 0 aliphatic carbocycles. The van der Waals surface area contributed by atoms with Crippen LogP contribution in [0.15, 0.2) is 6.33 Å². The molecule has 0 spiro atoms. The maximum Gasteiger partial charge on any atom is 0.219 e. The number of nitrogens with one attached hydrogen (secondary N) is 1. The molecular formula is C8H12N4O2. The first-order valence-electron chi connectivity index (χ1n) is 4.48. The molecule has 0 bridgehead atoms. The number of hydrogen-bond donors (Lipinski definition) is 1. The van der Waals surface area contributed by atoms with Crippen molar-refractivity contribution in [2.75, 3.05) is 19.8 Å². The van der Waals surface area contributed by atoms with Crippen LogP contribution in [0.3, 0.4) is 0 Å². The molecule has 0 amide bonds. The summed E-state index contributed by atoms with van der Waals surface area (Å²) in [6.07, 6.45) is 1.51. The van der Waals surface area contributed by atoms with Gasteiger partial charge < -0.3 is 14.6 Å². The largest absolute Gasteiger partial charge is 0.378 e. The standard InChI is InChI=1S/C8H12N4O2/c1-12-5-10-11-8(12)7(13)6-4-14-3-2-9-6/h5-6,9H,2-4H2,1H3. The van der Waals surface area contributed by atoms with Gasteiger partial charge in [0.2, 0.25) is 11.6 Å². The predicted molar refractivity (Wildman–Crippen MR) is 47.9 cm³/mol. The molecule has 6 nitrogen and oxygen atoms in total. The molecule has 1 unspecified atom stereocenters. The van der Waals surface area contributed by atoms with Gasteiger partial charge in [0.25, 0.3) is 0 Å². The molecule has 14 heavy (non-hydrogen) atoms. The summed E-state index contributed by atoms with van der Waals surface area (Å²) >= 11 is 0. The number of carbonyl (C=O) groups excluding carboxylic acids is 1. The van der Waals surface area contributed by atoms with Crippen LogP contribution in [0.4, 0.5) is 0 Å². The lowest BCUT2D eigenvalue weighted by atomic mass is 10.1. The van der Waals surface area contributed by atoms with E-state index in [2.05, 4.69) is 15.5 Å². The zero-order chi connectivity index (χ0) is 9.97. The second-order valence-corrected chi connectivity index (χ2v) is 3.21. The maximum absolute atomic E-state index is 11.8. The van der Waals surface area contributed by atoms with Crippen molar-refractivity contribution in [1.29, 1.82) is 0 Å². The minimum atomic E-state index is -0.286. The number of nitrogens with zero attached hydrogens (tertiary/aromatic N) is 3. The number of rotatable bonds is 2. The van der Waals surface area contributed by atoms with Gasteiger partial charge in [0, 0.05) is 13.6 Å². The van der Waals surface area contributed by atoms with Gasteiger partial charge >= 0.3 is 0 Å². The van der Waals surface area contributed by atoms with E-state index in [1.165, 1.54) is 6.33 Å². The molecule has 1 aliphatic heterocycles. The highest BCUT2D eigenvalue weighted by Gasteiger charge is 2.25. The zero-order valence-electron chi connectivity index (χ0n) is 7.93. The fourth-order valence-electron chi connectivity index (χ4n) is 1.40. The van der Waals surface area contributed by atoms with Gasteiger partial charge in [-0.25, -0.2) is 0 Å². The van der Waals surface area contributed by atoms with Crippen molar-refractivity contribution in [3.63, 3.8) is 0 Å². The van der Waals surface area contributed by atoms with Crippen LogP contribution in [0.25, 0.3) is 0 Å². The molecule has 1 fully saturated rings. The molecule has 1 aromatic heterocycles. The highest BCUT2D eigenvalue weighted by atomic mass is 16.5. The Morgan fingerprint density at radius 3 is 3.21 bits per heavy atom. The number of hydrogen-bond acceptors (Lipinski definition) is 5. The van der Waals surface area contributed by atoms with Crippen LogP contribution in [-0.4, -0.2) is 46.3 Å². The van der Waals surface area contributed by atoms with Gasteiger partial charge in [-0.1, -0.05) is 0 Å². The smallest absolute Gasteiger partial charge is 0.219 e. The molecule has 2 rings (SSSR count). The summed E-state index contributed by atoms with van der Waals surface area (Å²) in [5.41, 5.74) is 0. The summed E-state index contributed by atoms with van der Waals surface area (Å²) in [5, 5.41) is 10.5. The van der Waals surface area contributed by atoms with E-state index in [1.54, 1.807) is 11.6 Å². The van der Waals surface area contributed by atoms with E-state index in [0.29, 0.717) is 25.6 Å².